The average molecular weight is 360 g/mol. The summed E-state index contributed by atoms with van der Waals surface area (Å²) in [7, 11) is 0. The van der Waals surface area contributed by atoms with Crippen molar-refractivity contribution in [1.82, 2.24) is 0 Å². The normalized spacial score (nSPS) is 11.3. The van der Waals surface area contributed by atoms with Gasteiger partial charge in [0.25, 0.3) is 0 Å². The Bertz CT molecular complexity index is 536. The van der Waals surface area contributed by atoms with Crippen molar-refractivity contribution in [3.8, 4) is 0 Å². The number of aryl methyl sites for hydroxylation is 1. The van der Waals surface area contributed by atoms with Gasteiger partial charge >= 0.3 is 5.97 Å². The van der Waals surface area contributed by atoms with Crippen LogP contribution < -0.4 is 0 Å². The highest BCUT2D eigenvalue weighted by Gasteiger charge is 2.32. The topological polar surface area (TPSA) is 26.3 Å². The highest BCUT2D eigenvalue weighted by Crippen LogP contribution is 2.35. The molecule has 20 heavy (non-hydrogen) atoms. The van der Waals surface area contributed by atoms with Crippen LogP contribution in [0.3, 0.4) is 0 Å². The fourth-order valence-corrected chi connectivity index (χ4v) is 2.56. The molecule has 1 aromatic carbocycles. The molecule has 0 N–H and O–H groups in total. The first-order chi connectivity index (χ1) is 9.21. The van der Waals surface area contributed by atoms with Gasteiger partial charge in [0.1, 0.15) is 0 Å². The lowest BCUT2D eigenvalue weighted by Gasteiger charge is -2.26. The monoisotopic (exact) mass is 358 g/mol. The van der Waals surface area contributed by atoms with E-state index >= 15 is 0 Å². The van der Waals surface area contributed by atoms with Crippen molar-refractivity contribution in [1.29, 1.82) is 0 Å². The number of esters is 1. The summed E-state index contributed by atoms with van der Waals surface area (Å²) in [6.45, 7) is 11.9. The van der Waals surface area contributed by atoms with Crippen molar-refractivity contribution in [3.63, 3.8) is 0 Å². The summed E-state index contributed by atoms with van der Waals surface area (Å²) >= 11 is 9.63. The molecule has 0 atom stereocenters. The van der Waals surface area contributed by atoms with E-state index in [1.807, 2.05) is 32.9 Å². The van der Waals surface area contributed by atoms with Gasteiger partial charge in [-0.15, -0.1) is 0 Å². The predicted octanol–water partition coefficient (Wildman–Crippen LogP) is 5.10. The van der Waals surface area contributed by atoms with Gasteiger partial charge < -0.3 is 4.74 Å². The van der Waals surface area contributed by atoms with Gasteiger partial charge in [-0.05, 0) is 67.2 Å². The Kier molecular flexibility index (Phi) is 5.84. The summed E-state index contributed by atoms with van der Waals surface area (Å²) in [5.74, 6) is -0.249. The molecule has 4 heteroatoms. The third kappa shape index (κ3) is 3.64. The summed E-state index contributed by atoms with van der Waals surface area (Å²) in [6, 6.07) is 3.82. The second-order valence-corrected chi connectivity index (χ2v) is 6.48. The minimum Gasteiger partial charge on any atom is -0.465 e. The lowest BCUT2D eigenvalue weighted by molar-refractivity contribution is -0.151. The van der Waals surface area contributed by atoms with Crippen LogP contribution >= 0.6 is 27.5 Å². The molecule has 110 valence electrons. The first-order valence-corrected chi connectivity index (χ1v) is 7.67. The van der Waals surface area contributed by atoms with E-state index in [9.17, 15) is 4.79 Å². The average Bonchev–Trinajstić information content (AvgIpc) is 2.39. The van der Waals surface area contributed by atoms with Crippen molar-refractivity contribution in [2.75, 3.05) is 6.61 Å². The maximum absolute atomic E-state index is 12.0. The van der Waals surface area contributed by atoms with Crippen molar-refractivity contribution >= 4 is 33.5 Å². The van der Waals surface area contributed by atoms with Crippen LogP contribution in [-0.4, -0.2) is 12.6 Å². The standard InChI is InChI=1S/C16H20BrClO2/c1-6-20-15(19)16(4,5)11(3)9-12-10(2)7-8-13(18)14(12)17/h7-8H,3,6,9H2,1-2,4-5H3. The number of hydrogen-bond acceptors (Lipinski definition) is 2. The SMILES string of the molecule is C=C(Cc1c(C)ccc(Cl)c1Br)C(C)(C)C(=O)OCC. The van der Waals surface area contributed by atoms with Gasteiger partial charge in [-0.3, -0.25) is 4.79 Å². The van der Waals surface area contributed by atoms with Gasteiger partial charge in [0.05, 0.1) is 17.0 Å². The molecule has 0 amide bonds. The van der Waals surface area contributed by atoms with E-state index in [2.05, 4.69) is 22.5 Å². The van der Waals surface area contributed by atoms with Gasteiger partial charge in [-0.1, -0.05) is 29.8 Å². The van der Waals surface area contributed by atoms with Crippen molar-refractivity contribution in [3.05, 3.63) is 44.9 Å². The molecule has 1 rings (SSSR count). The van der Waals surface area contributed by atoms with Crippen molar-refractivity contribution in [2.24, 2.45) is 5.41 Å². The molecule has 0 unspecified atom stereocenters. The summed E-state index contributed by atoms with van der Waals surface area (Å²) in [6.07, 6.45) is 0.582. The number of carbonyl (C=O) groups excluding carboxylic acids is 1. The Morgan fingerprint density at radius 2 is 2.05 bits per heavy atom. The Hall–Kier alpha value is -0.800. The van der Waals surface area contributed by atoms with Crippen LogP contribution in [0, 0.1) is 12.3 Å². The number of hydrogen-bond donors (Lipinski definition) is 0. The first-order valence-electron chi connectivity index (χ1n) is 6.50. The number of ether oxygens (including phenoxy) is 1. The van der Waals surface area contributed by atoms with Crippen LogP contribution in [0.5, 0.6) is 0 Å². The van der Waals surface area contributed by atoms with Crippen LogP contribution in [0.15, 0.2) is 28.8 Å². The summed E-state index contributed by atoms with van der Waals surface area (Å²) in [5, 5.41) is 0.660. The summed E-state index contributed by atoms with van der Waals surface area (Å²) < 4.78 is 5.97. The Labute approximate surface area is 134 Å². The Balaban J connectivity index is 3.02. The van der Waals surface area contributed by atoms with Gasteiger partial charge in [0.15, 0.2) is 0 Å². The molecule has 0 radical (unpaired) electrons. The number of carbonyl (C=O) groups is 1. The molecule has 0 saturated carbocycles. The van der Waals surface area contributed by atoms with Crippen LogP contribution in [0.2, 0.25) is 5.02 Å². The summed E-state index contributed by atoms with van der Waals surface area (Å²) in [5.41, 5.74) is 2.26. The van der Waals surface area contributed by atoms with Crippen molar-refractivity contribution < 1.29 is 9.53 Å². The van der Waals surface area contributed by atoms with Crippen LogP contribution in [0.25, 0.3) is 0 Å². The molecule has 0 aliphatic rings. The number of halogens is 2. The van der Waals surface area contributed by atoms with E-state index in [4.69, 9.17) is 16.3 Å². The summed E-state index contributed by atoms with van der Waals surface area (Å²) in [4.78, 5) is 12.0. The van der Waals surface area contributed by atoms with Crippen LogP contribution in [-0.2, 0) is 16.0 Å². The fraction of sp³-hybridized carbons (Fsp3) is 0.438. The molecule has 0 aliphatic heterocycles. The third-order valence-electron chi connectivity index (χ3n) is 3.49. The van der Waals surface area contributed by atoms with Gasteiger partial charge in [-0.2, -0.15) is 0 Å². The molecular formula is C16H20BrClO2. The minimum absolute atomic E-state index is 0.249. The molecule has 2 nitrogen and oxygen atoms in total. The number of rotatable bonds is 5. The minimum atomic E-state index is -0.718. The molecule has 0 aliphatic carbocycles. The molecule has 0 aromatic heterocycles. The second kappa shape index (κ2) is 6.77. The lowest BCUT2D eigenvalue weighted by Crippen LogP contribution is -2.29. The third-order valence-corrected chi connectivity index (χ3v) is 4.94. The zero-order valence-corrected chi connectivity index (χ0v) is 14.7. The van der Waals surface area contributed by atoms with Crippen LogP contribution in [0.4, 0.5) is 0 Å². The van der Waals surface area contributed by atoms with E-state index in [1.54, 1.807) is 6.92 Å². The zero-order chi connectivity index (χ0) is 15.5. The Morgan fingerprint density at radius 3 is 2.60 bits per heavy atom. The maximum Gasteiger partial charge on any atom is 0.315 e. The van der Waals surface area contributed by atoms with Crippen LogP contribution in [0.1, 0.15) is 31.9 Å². The maximum atomic E-state index is 12.0. The fourth-order valence-electron chi connectivity index (χ4n) is 1.80. The smallest absolute Gasteiger partial charge is 0.315 e. The zero-order valence-electron chi connectivity index (χ0n) is 12.3. The van der Waals surface area contributed by atoms with Gasteiger partial charge in [0.2, 0.25) is 0 Å². The van der Waals surface area contributed by atoms with E-state index < -0.39 is 5.41 Å². The highest BCUT2D eigenvalue weighted by molar-refractivity contribution is 9.10. The number of benzene rings is 1. The molecule has 0 spiro atoms. The molecular weight excluding hydrogens is 340 g/mol. The predicted molar refractivity (Wildman–Crippen MR) is 87.1 cm³/mol. The second-order valence-electron chi connectivity index (χ2n) is 5.28. The molecule has 0 fully saturated rings. The van der Waals surface area contributed by atoms with E-state index in [0.717, 1.165) is 21.2 Å². The largest absolute Gasteiger partial charge is 0.465 e. The first kappa shape index (κ1) is 17.3. The molecule has 0 heterocycles. The van der Waals surface area contributed by atoms with Gasteiger partial charge in [-0.25, -0.2) is 0 Å². The molecule has 0 saturated heterocycles. The van der Waals surface area contributed by atoms with E-state index in [1.165, 1.54) is 0 Å². The quantitative estimate of drug-likeness (QED) is 0.540. The van der Waals surface area contributed by atoms with E-state index in [-0.39, 0.29) is 5.97 Å². The Morgan fingerprint density at radius 1 is 1.45 bits per heavy atom. The van der Waals surface area contributed by atoms with Crippen molar-refractivity contribution in [2.45, 2.75) is 34.1 Å². The molecule has 0 bridgehead atoms. The highest BCUT2D eigenvalue weighted by atomic mass is 79.9. The van der Waals surface area contributed by atoms with Gasteiger partial charge in [0, 0.05) is 4.47 Å². The van der Waals surface area contributed by atoms with E-state index in [0.29, 0.717) is 18.1 Å². The lowest BCUT2D eigenvalue weighted by atomic mass is 9.81. The molecule has 1 aromatic rings.